The molecule has 0 saturated carbocycles. The molecule has 2 aromatic rings. The van der Waals surface area contributed by atoms with Gasteiger partial charge in [0.05, 0.1) is 18.1 Å². The Morgan fingerprint density at radius 1 is 1.04 bits per heavy atom. The molecule has 0 aliphatic carbocycles. The summed E-state index contributed by atoms with van der Waals surface area (Å²) < 4.78 is 0. The van der Waals surface area contributed by atoms with Crippen LogP contribution in [-0.4, -0.2) is 17.6 Å². The van der Waals surface area contributed by atoms with Crippen LogP contribution in [0.25, 0.3) is 0 Å². The molecule has 0 aliphatic rings. The van der Waals surface area contributed by atoms with Crippen LogP contribution in [0, 0.1) is 5.92 Å². The molecule has 0 heterocycles. The number of aliphatic hydroxyl groups excluding tert-OH is 1. The smallest absolute Gasteiger partial charge is 0.230 e. The lowest BCUT2D eigenvalue weighted by molar-refractivity contribution is -0.127. The van der Waals surface area contributed by atoms with Crippen LogP contribution in [0.5, 0.6) is 0 Å². The van der Waals surface area contributed by atoms with Crippen LogP contribution in [0.3, 0.4) is 0 Å². The highest BCUT2D eigenvalue weighted by molar-refractivity contribution is 5.88. The highest BCUT2D eigenvalue weighted by atomic mass is 16.3. The van der Waals surface area contributed by atoms with Crippen molar-refractivity contribution in [3.05, 3.63) is 71.8 Å². The molecule has 134 valence electrons. The van der Waals surface area contributed by atoms with Gasteiger partial charge in [0, 0.05) is 0 Å². The molecule has 1 amide bonds. The van der Waals surface area contributed by atoms with Crippen LogP contribution in [0.2, 0.25) is 0 Å². The van der Waals surface area contributed by atoms with E-state index in [1.807, 2.05) is 67.6 Å². The third-order valence-electron chi connectivity index (χ3n) is 4.82. The monoisotopic (exact) mass is 339 g/mol. The SMILES string of the molecule is CC(C)CC[C@@](C)(C(=O)N[C@H](CO)c1ccccc1)c1ccccc1. The number of carbonyl (C=O) groups is 1. The number of nitrogens with one attached hydrogen (secondary N) is 1. The summed E-state index contributed by atoms with van der Waals surface area (Å²) in [5, 5.41) is 12.8. The summed E-state index contributed by atoms with van der Waals surface area (Å²) in [7, 11) is 0. The van der Waals surface area contributed by atoms with Crippen LogP contribution >= 0.6 is 0 Å². The maximum atomic E-state index is 13.2. The first-order valence-electron chi connectivity index (χ1n) is 8.99. The van der Waals surface area contributed by atoms with Crippen molar-refractivity contribution < 1.29 is 9.90 Å². The van der Waals surface area contributed by atoms with Crippen molar-refractivity contribution in [1.29, 1.82) is 0 Å². The maximum Gasteiger partial charge on any atom is 0.230 e. The molecule has 0 unspecified atom stereocenters. The Morgan fingerprint density at radius 3 is 2.12 bits per heavy atom. The van der Waals surface area contributed by atoms with Crippen LogP contribution in [0.4, 0.5) is 0 Å². The molecular formula is C22H29NO2. The third-order valence-corrected chi connectivity index (χ3v) is 4.82. The normalized spacial score (nSPS) is 14.8. The zero-order chi connectivity index (χ0) is 18.3. The van der Waals surface area contributed by atoms with E-state index >= 15 is 0 Å². The van der Waals surface area contributed by atoms with Crippen molar-refractivity contribution in [2.75, 3.05) is 6.61 Å². The van der Waals surface area contributed by atoms with Crippen LogP contribution < -0.4 is 5.32 Å². The second-order valence-corrected chi connectivity index (χ2v) is 7.25. The fraction of sp³-hybridized carbons (Fsp3) is 0.409. The minimum Gasteiger partial charge on any atom is -0.394 e. The summed E-state index contributed by atoms with van der Waals surface area (Å²) in [6.07, 6.45) is 1.74. The number of aliphatic hydroxyl groups is 1. The van der Waals surface area contributed by atoms with Gasteiger partial charge in [-0.05, 0) is 36.8 Å². The molecular weight excluding hydrogens is 310 g/mol. The summed E-state index contributed by atoms with van der Waals surface area (Å²) in [6.45, 7) is 6.22. The summed E-state index contributed by atoms with van der Waals surface area (Å²) >= 11 is 0. The molecule has 0 saturated heterocycles. The van der Waals surface area contributed by atoms with Crippen molar-refractivity contribution in [3.63, 3.8) is 0 Å². The van der Waals surface area contributed by atoms with E-state index in [9.17, 15) is 9.90 Å². The predicted molar refractivity (Wildman–Crippen MR) is 102 cm³/mol. The van der Waals surface area contributed by atoms with E-state index in [0.29, 0.717) is 5.92 Å². The quantitative estimate of drug-likeness (QED) is 0.756. The van der Waals surface area contributed by atoms with Gasteiger partial charge in [0.1, 0.15) is 0 Å². The highest BCUT2D eigenvalue weighted by Crippen LogP contribution is 2.32. The van der Waals surface area contributed by atoms with E-state index in [1.165, 1.54) is 0 Å². The standard InChI is InChI=1S/C22H29NO2/c1-17(2)14-15-22(3,19-12-8-5-9-13-19)21(25)23-20(16-24)18-10-6-4-7-11-18/h4-13,17,20,24H,14-16H2,1-3H3,(H,23,25)/t20-,22-/m1/s1. The Bertz CT molecular complexity index is 654. The first-order chi connectivity index (χ1) is 12.0. The predicted octanol–water partition coefficient (Wildman–Crippen LogP) is 4.23. The molecule has 2 aromatic carbocycles. The average Bonchev–Trinajstić information content (AvgIpc) is 2.65. The first kappa shape index (κ1) is 19.2. The van der Waals surface area contributed by atoms with Gasteiger partial charge in [-0.15, -0.1) is 0 Å². The number of hydrogen-bond acceptors (Lipinski definition) is 2. The number of amides is 1. The Labute approximate surface area is 151 Å². The molecule has 2 N–H and O–H groups in total. The minimum atomic E-state index is -0.617. The second kappa shape index (κ2) is 8.82. The van der Waals surface area contributed by atoms with Crippen LogP contribution in [-0.2, 0) is 10.2 Å². The number of carbonyl (C=O) groups excluding carboxylic acids is 1. The van der Waals surface area contributed by atoms with Crippen LogP contribution in [0.15, 0.2) is 60.7 Å². The number of hydrogen-bond donors (Lipinski definition) is 2. The average molecular weight is 339 g/mol. The van der Waals surface area contributed by atoms with Gasteiger partial charge in [-0.2, -0.15) is 0 Å². The number of benzene rings is 2. The Balaban J connectivity index is 2.25. The second-order valence-electron chi connectivity index (χ2n) is 7.25. The fourth-order valence-electron chi connectivity index (χ4n) is 3.01. The van der Waals surface area contributed by atoms with Gasteiger partial charge >= 0.3 is 0 Å². The van der Waals surface area contributed by atoms with E-state index in [4.69, 9.17) is 0 Å². The van der Waals surface area contributed by atoms with Gasteiger partial charge in [0.15, 0.2) is 0 Å². The maximum absolute atomic E-state index is 13.2. The Hall–Kier alpha value is -2.13. The first-order valence-corrected chi connectivity index (χ1v) is 8.99. The van der Waals surface area contributed by atoms with Crippen molar-refractivity contribution in [2.45, 2.75) is 45.1 Å². The molecule has 3 nitrogen and oxygen atoms in total. The topological polar surface area (TPSA) is 49.3 Å². The zero-order valence-electron chi connectivity index (χ0n) is 15.4. The van der Waals surface area contributed by atoms with Crippen molar-refractivity contribution in [3.8, 4) is 0 Å². The van der Waals surface area contributed by atoms with Crippen molar-refractivity contribution in [2.24, 2.45) is 5.92 Å². The van der Waals surface area contributed by atoms with E-state index < -0.39 is 11.5 Å². The Kier molecular flexibility index (Phi) is 6.77. The molecule has 0 fully saturated rings. The molecule has 0 aliphatic heterocycles. The highest BCUT2D eigenvalue weighted by Gasteiger charge is 2.36. The molecule has 2 rings (SSSR count). The molecule has 0 radical (unpaired) electrons. The molecule has 0 aromatic heterocycles. The Morgan fingerprint density at radius 2 is 1.60 bits per heavy atom. The molecule has 2 atom stereocenters. The van der Waals surface area contributed by atoms with Gasteiger partial charge in [-0.25, -0.2) is 0 Å². The van der Waals surface area contributed by atoms with Crippen LogP contribution in [0.1, 0.15) is 50.8 Å². The zero-order valence-corrected chi connectivity index (χ0v) is 15.4. The largest absolute Gasteiger partial charge is 0.394 e. The fourth-order valence-corrected chi connectivity index (χ4v) is 3.01. The van der Waals surface area contributed by atoms with Gasteiger partial charge in [-0.3, -0.25) is 4.79 Å². The summed E-state index contributed by atoms with van der Waals surface area (Å²) in [6, 6.07) is 19.1. The van der Waals surface area contributed by atoms with Gasteiger partial charge < -0.3 is 10.4 Å². The van der Waals surface area contributed by atoms with E-state index in [-0.39, 0.29) is 12.5 Å². The molecule has 0 bridgehead atoms. The van der Waals surface area contributed by atoms with Gasteiger partial charge in [0.25, 0.3) is 0 Å². The van der Waals surface area contributed by atoms with Gasteiger partial charge in [0.2, 0.25) is 5.91 Å². The van der Waals surface area contributed by atoms with Crippen molar-refractivity contribution in [1.82, 2.24) is 5.32 Å². The number of rotatable bonds is 8. The minimum absolute atomic E-state index is 0.0396. The lowest BCUT2D eigenvalue weighted by Crippen LogP contribution is -2.44. The summed E-state index contributed by atoms with van der Waals surface area (Å²) in [5.41, 5.74) is 1.31. The lowest BCUT2D eigenvalue weighted by atomic mass is 9.76. The molecule has 0 spiro atoms. The molecule has 3 heteroatoms. The molecule has 25 heavy (non-hydrogen) atoms. The third kappa shape index (κ3) is 4.93. The summed E-state index contributed by atoms with van der Waals surface area (Å²) in [4.78, 5) is 13.2. The van der Waals surface area contributed by atoms with E-state index in [0.717, 1.165) is 24.0 Å². The lowest BCUT2D eigenvalue weighted by Gasteiger charge is -2.32. The summed E-state index contributed by atoms with van der Waals surface area (Å²) in [5.74, 6) is 0.487. The van der Waals surface area contributed by atoms with E-state index in [2.05, 4.69) is 19.2 Å². The van der Waals surface area contributed by atoms with Crippen molar-refractivity contribution >= 4 is 5.91 Å². The van der Waals surface area contributed by atoms with E-state index in [1.54, 1.807) is 0 Å². The van der Waals surface area contributed by atoms with Gasteiger partial charge in [-0.1, -0.05) is 74.5 Å².